The Morgan fingerprint density at radius 1 is 0.320 bits per heavy atom. The van der Waals surface area contributed by atoms with E-state index in [1.54, 1.807) is 0 Å². The molecule has 0 bridgehead atoms. The summed E-state index contributed by atoms with van der Waals surface area (Å²) in [5, 5.41) is 8.65. The minimum Gasteiger partial charge on any atom is -0.455 e. The van der Waals surface area contributed by atoms with Crippen LogP contribution in [0, 0.1) is 0 Å². The van der Waals surface area contributed by atoms with Crippen molar-refractivity contribution in [3.8, 4) is 11.1 Å². The molecule has 50 heavy (non-hydrogen) atoms. The zero-order valence-electron chi connectivity index (χ0n) is 26.8. The Hall–Kier alpha value is -6.78. The fourth-order valence-electron chi connectivity index (χ4n) is 7.79. The van der Waals surface area contributed by atoms with Crippen LogP contribution in [0.4, 0.5) is 17.1 Å². The summed E-state index contributed by atoms with van der Waals surface area (Å²) < 4.78 is 20.1. The van der Waals surface area contributed by atoms with E-state index in [-0.39, 0.29) is 0 Å². The van der Waals surface area contributed by atoms with Crippen LogP contribution in [0.25, 0.3) is 87.7 Å². The van der Waals surface area contributed by atoms with E-state index in [0.29, 0.717) is 0 Å². The van der Waals surface area contributed by atoms with Gasteiger partial charge in [0.15, 0.2) is 11.2 Å². The average molecular weight is 642 g/mol. The number of hydrogen-bond donors (Lipinski definition) is 0. The van der Waals surface area contributed by atoms with Crippen LogP contribution in [0.3, 0.4) is 0 Å². The Kier molecular flexibility index (Phi) is 5.63. The summed E-state index contributed by atoms with van der Waals surface area (Å²) in [4.78, 5) is 2.27. The summed E-state index contributed by atoms with van der Waals surface area (Å²) in [6.07, 6.45) is 0. The molecule has 0 spiro atoms. The van der Waals surface area contributed by atoms with E-state index in [4.69, 9.17) is 13.3 Å². The zero-order chi connectivity index (χ0) is 32.8. The van der Waals surface area contributed by atoms with Crippen molar-refractivity contribution in [2.24, 2.45) is 0 Å². The first-order chi connectivity index (χ1) is 24.8. The van der Waals surface area contributed by atoms with Crippen LogP contribution in [0.15, 0.2) is 177 Å². The van der Waals surface area contributed by atoms with Gasteiger partial charge in [0.25, 0.3) is 0 Å². The van der Waals surface area contributed by atoms with Gasteiger partial charge in [-0.05, 0) is 65.0 Å². The van der Waals surface area contributed by atoms with Gasteiger partial charge in [0.2, 0.25) is 0 Å². The number of furan rings is 3. The Morgan fingerprint density at radius 3 is 1.66 bits per heavy atom. The molecule has 0 aliphatic heterocycles. The number of benzene rings is 8. The molecule has 3 heterocycles. The smallest absolute Gasteiger partial charge is 0.159 e. The summed E-state index contributed by atoms with van der Waals surface area (Å²) in [7, 11) is 0. The van der Waals surface area contributed by atoms with E-state index in [1.165, 1.54) is 5.56 Å². The van der Waals surface area contributed by atoms with Crippen LogP contribution in [0.2, 0.25) is 0 Å². The molecule has 0 N–H and O–H groups in total. The summed E-state index contributed by atoms with van der Waals surface area (Å²) in [6.45, 7) is 0. The summed E-state index contributed by atoms with van der Waals surface area (Å²) >= 11 is 0. The predicted molar refractivity (Wildman–Crippen MR) is 206 cm³/mol. The van der Waals surface area contributed by atoms with Gasteiger partial charge in [-0.15, -0.1) is 0 Å². The van der Waals surface area contributed by atoms with Gasteiger partial charge in [-0.1, -0.05) is 115 Å². The third-order valence-electron chi connectivity index (χ3n) is 10.1. The lowest BCUT2D eigenvalue weighted by atomic mass is 10.0. The number of hydrogen-bond acceptors (Lipinski definition) is 4. The molecule has 4 nitrogen and oxygen atoms in total. The van der Waals surface area contributed by atoms with Crippen LogP contribution in [-0.4, -0.2) is 0 Å². The molecule has 234 valence electrons. The summed E-state index contributed by atoms with van der Waals surface area (Å²) in [6, 6.07) is 57.0. The molecule has 0 saturated heterocycles. The monoisotopic (exact) mass is 641 g/mol. The highest BCUT2D eigenvalue weighted by molar-refractivity contribution is 6.29. The topological polar surface area (TPSA) is 42.7 Å². The maximum Gasteiger partial charge on any atom is 0.159 e. The number of fused-ring (bicyclic) bond motifs is 12. The maximum atomic E-state index is 6.87. The fourth-order valence-corrected chi connectivity index (χ4v) is 7.79. The van der Waals surface area contributed by atoms with Gasteiger partial charge in [-0.25, -0.2) is 0 Å². The molecule has 11 rings (SSSR count). The van der Waals surface area contributed by atoms with Crippen LogP contribution < -0.4 is 4.90 Å². The van der Waals surface area contributed by atoms with E-state index < -0.39 is 0 Å². The molecule has 0 aliphatic carbocycles. The van der Waals surface area contributed by atoms with Crippen molar-refractivity contribution in [2.75, 3.05) is 4.90 Å². The normalized spacial score (nSPS) is 12.0. The van der Waals surface area contributed by atoms with Gasteiger partial charge in [-0.3, -0.25) is 0 Å². The van der Waals surface area contributed by atoms with Gasteiger partial charge in [0, 0.05) is 43.4 Å². The Balaban J connectivity index is 1.20. The number of anilines is 3. The van der Waals surface area contributed by atoms with Crippen LogP contribution in [0.1, 0.15) is 0 Å². The highest BCUT2D eigenvalue weighted by atomic mass is 16.3. The minimum atomic E-state index is 0.797. The molecule has 8 aromatic carbocycles. The van der Waals surface area contributed by atoms with Gasteiger partial charge in [-0.2, -0.15) is 0 Å². The van der Waals surface area contributed by atoms with Crippen molar-refractivity contribution < 1.29 is 13.3 Å². The molecule has 11 aromatic rings. The molecule has 0 aliphatic rings. The first-order valence-electron chi connectivity index (χ1n) is 16.8. The molecule has 0 radical (unpaired) electrons. The molecule has 4 heteroatoms. The number of nitrogens with zero attached hydrogens (tertiary/aromatic N) is 1. The lowest BCUT2D eigenvalue weighted by molar-refractivity contribution is 0.663. The van der Waals surface area contributed by atoms with Crippen molar-refractivity contribution in [1.82, 2.24) is 0 Å². The molecule has 0 atom stereocenters. The molecule has 0 unspecified atom stereocenters. The fraction of sp³-hybridized carbons (Fsp3) is 0. The first kappa shape index (κ1) is 27.2. The summed E-state index contributed by atoms with van der Waals surface area (Å²) in [5.74, 6) is 0. The quantitative estimate of drug-likeness (QED) is 0.192. The zero-order valence-corrected chi connectivity index (χ0v) is 26.8. The molecular formula is C46H27NO3. The van der Waals surface area contributed by atoms with Crippen molar-refractivity contribution in [3.05, 3.63) is 164 Å². The molecule has 3 aromatic heterocycles. The standard InChI is InChI=1S/C46H27NO3/c1-2-10-28(11-3-1)29-20-23-31(24-21-29)47(37-17-8-15-34-33-14-6-7-19-39(33)48-45(34)37)38-18-9-16-35-42-41(50-46(35)38)27-26-40-43(42)36-25-22-30-12-4-5-13-32(30)44(36)49-40/h1-27H. The van der Waals surface area contributed by atoms with E-state index in [0.717, 1.165) is 99.2 Å². The molecule has 0 saturated carbocycles. The van der Waals surface area contributed by atoms with Crippen LogP contribution >= 0.6 is 0 Å². The molecular weight excluding hydrogens is 615 g/mol. The van der Waals surface area contributed by atoms with Gasteiger partial charge >= 0.3 is 0 Å². The molecule has 0 fully saturated rings. The third-order valence-corrected chi connectivity index (χ3v) is 10.1. The number of rotatable bonds is 4. The minimum absolute atomic E-state index is 0.797. The van der Waals surface area contributed by atoms with Crippen molar-refractivity contribution in [1.29, 1.82) is 0 Å². The Labute approximate surface area is 286 Å². The third kappa shape index (κ3) is 3.87. The van der Waals surface area contributed by atoms with Gasteiger partial charge in [0.1, 0.15) is 22.3 Å². The lowest BCUT2D eigenvalue weighted by Gasteiger charge is -2.25. The van der Waals surface area contributed by atoms with Crippen molar-refractivity contribution in [3.63, 3.8) is 0 Å². The van der Waals surface area contributed by atoms with E-state index in [2.05, 4.69) is 138 Å². The summed E-state index contributed by atoms with van der Waals surface area (Å²) in [5.41, 5.74) is 10.2. The second kappa shape index (κ2) is 10.4. The lowest BCUT2D eigenvalue weighted by Crippen LogP contribution is -2.10. The average Bonchev–Trinajstić information content (AvgIpc) is 3.87. The Morgan fingerprint density at radius 2 is 0.880 bits per heavy atom. The van der Waals surface area contributed by atoms with Crippen molar-refractivity contribution in [2.45, 2.75) is 0 Å². The van der Waals surface area contributed by atoms with Gasteiger partial charge in [0.05, 0.1) is 11.4 Å². The predicted octanol–water partition coefficient (Wildman–Crippen LogP) is 13.7. The van der Waals surface area contributed by atoms with Crippen LogP contribution in [-0.2, 0) is 0 Å². The SMILES string of the molecule is c1ccc(-c2ccc(N(c3cccc4c3oc3ccccc34)c3cccc4c3oc3ccc5oc6c7ccccc7ccc6c5c34)cc2)cc1. The largest absolute Gasteiger partial charge is 0.455 e. The van der Waals surface area contributed by atoms with Gasteiger partial charge < -0.3 is 18.2 Å². The highest BCUT2D eigenvalue weighted by Gasteiger charge is 2.25. The first-order valence-corrected chi connectivity index (χ1v) is 16.8. The highest BCUT2D eigenvalue weighted by Crippen LogP contribution is 2.48. The van der Waals surface area contributed by atoms with Crippen LogP contribution in [0.5, 0.6) is 0 Å². The molecule has 0 amide bonds. The van der Waals surface area contributed by atoms with Crippen molar-refractivity contribution >= 4 is 93.7 Å². The van der Waals surface area contributed by atoms with E-state index in [1.807, 2.05) is 30.3 Å². The Bertz CT molecular complexity index is 3090. The maximum absolute atomic E-state index is 6.87. The second-order valence-electron chi connectivity index (χ2n) is 12.8. The van der Waals surface area contributed by atoms with E-state index in [9.17, 15) is 0 Å². The number of para-hydroxylation sites is 3. The van der Waals surface area contributed by atoms with E-state index >= 15 is 0 Å². The second-order valence-corrected chi connectivity index (χ2v) is 12.8.